The standard InChI is InChI=1S/C17H16ClN5O2/c1-24-14-8-7-13(9-15(14)25-2)20-16-10-19-23-17(22-16)21-12-5-3-11(18)4-6-12/h3-10H,1-2H3,(H2,20,21,22,23). The number of hydrogen-bond donors (Lipinski definition) is 2. The van der Waals surface area contributed by atoms with Crippen molar-refractivity contribution in [2.75, 3.05) is 24.9 Å². The smallest absolute Gasteiger partial charge is 0.249 e. The fourth-order valence-electron chi connectivity index (χ4n) is 2.14. The molecule has 8 heteroatoms. The van der Waals surface area contributed by atoms with Crippen molar-refractivity contribution in [2.45, 2.75) is 0 Å². The molecule has 0 aliphatic heterocycles. The average molecular weight is 358 g/mol. The number of hydrogen-bond acceptors (Lipinski definition) is 7. The van der Waals surface area contributed by atoms with Gasteiger partial charge in [0, 0.05) is 22.5 Å². The molecule has 2 aromatic carbocycles. The highest BCUT2D eigenvalue weighted by atomic mass is 35.5. The molecule has 0 saturated carbocycles. The molecule has 3 aromatic rings. The van der Waals surface area contributed by atoms with Crippen LogP contribution in [0.2, 0.25) is 5.02 Å². The maximum Gasteiger partial charge on any atom is 0.249 e. The van der Waals surface area contributed by atoms with Crippen molar-refractivity contribution in [3.05, 3.63) is 53.7 Å². The third kappa shape index (κ3) is 4.27. The predicted molar refractivity (Wildman–Crippen MR) is 97.4 cm³/mol. The number of halogens is 1. The topological polar surface area (TPSA) is 81.2 Å². The monoisotopic (exact) mass is 357 g/mol. The lowest BCUT2D eigenvalue weighted by Gasteiger charge is -2.11. The maximum atomic E-state index is 5.88. The molecule has 7 nitrogen and oxygen atoms in total. The van der Waals surface area contributed by atoms with Crippen LogP contribution in [-0.2, 0) is 0 Å². The van der Waals surface area contributed by atoms with E-state index in [2.05, 4.69) is 25.8 Å². The minimum atomic E-state index is 0.368. The Hall–Kier alpha value is -3.06. The summed E-state index contributed by atoms with van der Waals surface area (Å²) in [5, 5.41) is 14.8. The second-order valence-electron chi connectivity index (χ2n) is 4.99. The van der Waals surface area contributed by atoms with Gasteiger partial charge in [0.15, 0.2) is 17.3 Å². The van der Waals surface area contributed by atoms with Crippen molar-refractivity contribution < 1.29 is 9.47 Å². The zero-order valence-electron chi connectivity index (χ0n) is 13.7. The summed E-state index contributed by atoms with van der Waals surface area (Å²) in [5.74, 6) is 2.18. The van der Waals surface area contributed by atoms with E-state index in [1.54, 1.807) is 26.4 Å². The number of nitrogens with zero attached hydrogens (tertiary/aromatic N) is 3. The predicted octanol–water partition coefficient (Wildman–Crippen LogP) is 4.03. The van der Waals surface area contributed by atoms with Crippen LogP contribution >= 0.6 is 11.6 Å². The van der Waals surface area contributed by atoms with Crippen molar-refractivity contribution in [1.82, 2.24) is 15.2 Å². The van der Waals surface area contributed by atoms with Crippen molar-refractivity contribution >= 4 is 34.7 Å². The lowest BCUT2D eigenvalue weighted by atomic mass is 10.2. The lowest BCUT2D eigenvalue weighted by Crippen LogP contribution is -2.02. The van der Waals surface area contributed by atoms with Gasteiger partial charge in [-0.2, -0.15) is 10.1 Å². The summed E-state index contributed by atoms with van der Waals surface area (Å²) < 4.78 is 10.5. The third-order valence-electron chi connectivity index (χ3n) is 3.32. The number of rotatable bonds is 6. The zero-order chi connectivity index (χ0) is 17.6. The summed E-state index contributed by atoms with van der Waals surface area (Å²) in [6.07, 6.45) is 1.53. The molecule has 1 aromatic heterocycles. The molecule has 0 fully saturated rings. The van der Waals surface area contributed by atoms with Gasteiger partial charge in [-0.3, -0.25) is 0 Å². The number of anilines is 4. The second-order valence-corrected chi connectivity index (χ2v) is 5.43. The molecular weight excluding hydrogens is 342 g/mol. The molecular formula is C17H16ClN5O2. The average Bonchev–Trinajstić information content (AvgIpc) is 2.64. The van der Waals surface area contributed by atoms with E-state index in [0.717, 1.165) is 11.4 Å². The van der Waals surface area contributed by atoms with Gasteiger partial charge in [0.2, 0.25) is 5.95 Å². The largest absolute Gasteiger partial charge is 0.493 e. The highest BCUT2D eigenvalue weighted by Gasteiger charge is 2.06. The lowest BCUT2D eigenvalue weighted by molar-refractivity contribution is 0.355. The van der Waals surface area contributed by atoms with E-state index in [0.29, 0.717) is 28.3 Å². The molecule has 0 aliphatic carbocycles. The zero-order valence-corrected chi connectivity index (χ0v) is 14.4. The molecule has 0 spiro atoms. The Labute approximate surface area is 150 Å². The molecule has 3 rings (SSSR count). The van der Waals surface area contributed by atoms with Gasteiger partial charge < -0.3 is 20.1 Å². The highest BCUT2D eigenvalue weighted by molar-refractivity contribution is 6.30. The third-order valence-corrected chi connectivity index (χ3v) is 3.57. The molecule has 0 radical (unpaired) electrons. The van der Waals surface area contributed by atoms with Crippen LogP contribution < -0.4 is 20.1 Å². The minimum Gasteiger partial charge on any atom is -0.493 e. The first-order chi connectivity index (χ1) is 12.2. The van der Waals surface area contributed by atoms with E-state index in [4.69, 9.17) is 21.1 Å². The van der Waals surface area contributed by atoms with Crippen LogP contribution in [0.15, 0.2) is 48.7 Å². The molecule has 128 valence electrons. The highest BCUT2D eigenvalue weighted by Crippen LogP contribution is 2.30. The number of aromatic nitrogens is 3. The van der Waals surface area contributed by atoms with Crippen LogP contribution in [-0.4, -0.2) is 29.4 Å². The molecule has 0 saturated heterocycles. The van der Waals surface area contributed by atoms with Crippen LogP contribution in [0.4, 0.5) is 23.1 Å². The van der Waals surface area contributed by atoms with Gasteiger partial charge in [-0.05, 0) is 36.4 Å². The van der Waals surface area contributed by atoms with E-state index in [1.807, 2.05) is 30.3 Å². The Morgan fingerprint density at radius 1 is 0.880 bits per heavy atom. The Kier molecular flexibility index (Phi) is 5.15. The van der Waals surface area contributed by atoms with Gasteiger partial charge >= 0.3 is 0 Å². The first-order valence-corrected chi connectivity index (χ1v) is 7.77. The Bertz CT molecular complexity index is 858. The van der Waals surface area contributed by atoms with Gasteiger partial charge in [0.1, 0.15) is 0 Å². The molecule has 1 heterocycles. The van der Waals surface area contributed by atoms with E-state index >= 15 is 0 Å². The fourth-order valence-corrected chi connectivity index (χ4v) is 2.27. The van der Waals surface area contributed by atoms with Crippen LogP contribution in [0.5, 0.6) is 11.5 Å². The van der Waals surface area contributed by atoms with Gasteiger partial charge in [0.05, 0.1) is 20.4 Å². The summed E-state index contributed by atoms with van der Waals surface area (Å²) >= 11 is 5.88. The quantitative estimate of drug-likeness (QED) is 0.689. The van der Waals surface area contributed by atoms with E-state index in [9.17, 15) is 0 Å². The summed E-state index contributed by atoms with van der Waals surface area (Å²) in [4.78, 5) is 4.38. The molecule has 0 bridgehead atoms. The molecule has 0 amide bonds. The van der Waals surface area contributed by atoms with Crippen LogP contribution in [0.25, 0.3) is 0 Å². The van der Waals surface area contributed by atoms with E-state index < -0.39 is 0 Å². The van der Waals surface area contributed by atoms with Gasteiger partial charge in [-0.1, -0.05) is 11.6 Å². The van der Waals surface area contributed by atoms with E-state index in [1.165, 1.54) is 6.20 Å². The van der Waals surface area contributed by atoms with Crippen molar-refractivity contribution in [3.63, 3.8) is 0 Å². The summed E-state index contributed by atoms with van der Waals surface area (Å²) in [5.41, 5.74) is 1.60. The van der Waals surface area contributed by atoms with E-state index in [-0.39, 0.29) is 0 Å². The van der Waals surface area contributed by atoms with Crippen LogP contribution in [0, 0.1) is 0 Å². The van der Waals surface area contributed by atoms with Crippen molar-refractivity contribution in [1.29, 1.82) is 0 Å². The second kappa shape index (κ2) is 7.67. The molecule has 2 N–H and O–H groups in total. The molecule has 0 aliphatic rings. The number of nitrogens with one attached hydrogen (secondary N) is 2. The fraction of sp³-hybridized carbons (Fsp3) is 0.118. The Morgan fingerprint density at radius 3 is 2.32 bits per heavy atom. The summed E-state index contributed by atoms with van der Waals surface area (Å²) in [6.45, 7) is 0. The summed E-state index contributed by atoms with van der Waals surface area (Å²) in [6, 6.07) is 12.7. The first-order valence-electron chi connectivity index (χ1n) is 7.39. The Morgan fingerprint density at radius 2 is 1.60 bits per heavy atom. The van der Waals surface area contributed by atoms with Gasteiger partial charge in [0.25, 0.3) is 0 Å². The van der Waals surface area contributed by atoms with Crippen LogP contribution in [0.3, 0.4) is 0 Å². The summed E-state index contributed by atoms with van der Waals surface area (Å²) in [7, 11) is 3.18. The molecule has 25 heavy (non-hydrogen) atoms. The Balaban J connectivity index is 1.76. The number of benzene rings is 2. The number of methoxy groups -OCH3 is 2. The van der Waals surface area contributed by atoms with Crippen molar-refractivity contribution in [2.24, 2.45) is 0 Å². The first kappa shape index (κ1) is 16.8. The van der Waals surface area contributed by atoms with Crippen LogP contribution in [0.1, 0.15) is 0 Å². The molecule has 0 unspecified atom stereocenters. The van der Waals surface area contributed by atoms with Gasteiger partial charge in [-0.15, -0.1) is 5.10 Å². The number of ether oxygens (including phenoxy) is 2. The normalized spacial score (nSPS) is 10.2. The SMILES string of the molecule is COc1ccc(Nc2cnnc(Nc3ccc(Cl)cc3)n2)cc1OC. The molecule has 0 atom stereocenters. The van der Waals surface area contributed by atoms with Gasteiger partial charge in [-0.25, -0.2) is 0 Å². The minimum absolute atomic E-state index is 0.368. The maximum absolute atomic E-state index is 5.88. The van der Waals surface area contributed by atoms with Crippen molar-refractivity contribution in [3.8, 4) is 11.5 Å².